The summed E-state index contributed by atoms with van der Waals surface area (Å²) in [5.41, 5.74) is 2.00. The Kier molecular flexibility index (Phi) is 1.80. The fourth-order valence-electron chi connectivity index (χ4n) is 4.81. The first-order chi connectivity index (χ1) is 7.05. The first kappa shape index (κ1) is 9.69. The van der Waals surface area contributed by atoms with E-state index in [1.165, 1.54) is 18.4 Å². The molecular weight excluding hydrogens is 180 g/mol. The summed E-state index contributed by atoms with van der Waals surface area (Å²) >= 11 is 0. The Labute approximate surface area is 93.5 Å². The van der Waals surface area contributed by atoms with E-state index in [2.05, 4.69) is 39.5 Å². The van der Waals surface area contributed by atoms with Crippen LogP contribution in [0.3, 0.4) is 0 Å². The van der Waals surface area contributed by atoms with Gasteiger partial charge in [0.15, 0.2) is 0 Å². The van der Waals surface area contributed by atoms with Crippen LogP contribution in [0.1, 0.15) is 33.6 Å². The number of fused-ring (bicyclic) bond motifs is 1. The van der Waals surface area contributed by atoms with E-state index in [9.17, 15) is 0 Å². The van der Waals surface area contributed by atoms with Gasteiger partial charge in [-0.05, 0) is 47.8 Å². The first-order valence-corrected chi connectivity index (χ1v) is 6.42. The van der Waals surface area contributed by atoms with E-state index >= 15 is 0 Å². The van der Waals surface area contributed by atoms with Gasteiger partial charge in [0, 0.05) is 0 Å². The van der Waals surface area contributed by atoms with Gasteiger partial charge >= 0.3 is 0 Å². The van der Waals surface area contributed by atoms with Crippen LogP contribution >= 0.6 is 0 Å². The molecule has 0 N–H and O–H groups in total. The summed E-state index contributed by atoms with van der Waals surface area (Å²) in [5.74, 6) is 4.41. The zero-order chi connectivity index (χ0) is 10.8. The molecule has 0 amide bonds. The monoisotopic (exact) mass is 202 g/mol. The second kappa shape index (κ2) is 2.78. The smallest absolute Gasteiger partial charge is 0.00713 e. The average Bonchev–Trinajstić information content (AvgIpc) is 2.17. The normalized spacial score (nSPS) is 51.9. The van der Waals surface area contributed by atoms with E-state index in [1.54, 1.807) is 0 Å². The minimum Gasteiger partial charge on any atom is -0.0955 e. The molecule has 0 aromatic carbocycles. The van der Waals surface area contributed by atoms with Crippen LogP contribution in [0.2, 0.25) is 0 Å². The van der Waals surface area contributed by atoms with E-state index < -0.39 is 0 Å². The fourth-order valence-corrected chi connectivity index (χ4v) is 4.81. The minimum absolute atomic E-state index is 0.585. The van der Waals surface area contributed by atoms with Gasteiger partial charge in [0.1, 0.15) is 0 Å². The van der Waals surface area contributed by atoms with Gasteiger partial charge in [0.05, 0.1) is 0 Å². The number of allylic oxidation sites excluding steroid dienone is 3. The maximum atomic E-state index is 4.27. The van der Waals surface area contributed by atoms with Gasteiger partial charge in [0.2, 0.25) is 0 Å². The van der Waals surface area contributed by atoms with E-state index in [4.69, 9.17) is 0 Å². The summed E-state index contributed by atoms with van der Waals surface area (Å²) < 4.78 is 0. The molecule has 0 spiro atoms. The van der Waals surface area contributed by atoms with Crippen molar-refractivity contribution < 1.29 is 0 Å². The lowest BCUT2D eigenvalue weighted by atomic mass is 9.35. The maximum absolute atomic E-state index is 4.27. The number of hydrogen-bond donors (Lipinski definition) is 0. The highest BCUT2D eigenvalue weighted by molar-refractivity contribution is 5.37. The Balaban J connectivity index is 1.98. The van der Waals surface area contributed by atoms with Crippen molar-refractivity contribution in [2.24, 2.45) is 35.0 Å². The van der Waals surface area contributed by atoms with Gasteiger partial charge in [-0.2, -0.15) is 0 Å². The van der Waals surface area contributed by atoms with E-state index in [1.807, 2.05) is 0 Å². The Hall–Kier alpha value is -0.520. The molecule has 15 heavy (non-hydrogen) atoms. The largest absolute Gasteiger partial charge is 0.0955 e. The summed E-state index contributed by atoms with van der Waals surface area (Å²) in [6, 6.07) is 0. The van der Waals surface area contributed by atoms with Crippen molar-refractivity contribution in [2.45, 2.75) is 33.6 Å². The third kappa shape index (κ3) is 0.984. The van der Waals surface area contributed by atoms with Gasteiger partial charge in [-0.3, -0.25) is 0 Å². The lowest BCUT2D eigenvalue weighted by Gasteiger charge is -2.69. The van der Waals surface area contributed by atoms with Crippen LogP contribution in [0.4, 0.5) is 0 Å². The predicted octanol–water partition coefficient (Wildman–Crippen LogP) is 4.05. The van der Waals surface area contributed by atoms with Crippen molar-refractivity contribution in [2.75, 3.05) is 0 Å². The van der Waals surface area contributed by atoms with Crippen LogP contribution in [-0.2, 0) is 0 Å². The molecular formula is C15H22. The molecule has 0 unspecified atom stereocenters. The molecule has 4 aliphatic carbocycles. The van der Waals surface area contributed by atoms with Crippen molar-refractivity contribution in [3.63, 3.8) is 0 Å². The summed E-state index contributed by atoms with van der Waals surface area (Å²) in [4.78, 5) is 0. The molecule has 0 heteroatoms. The van der Waals surface area contributed by atoms with Gasteiger partial charge in [-0.1, -0.05) is 45.1 Å². The Morgan fingerprint density at radius 2 is 2.20 bits per heavy atom. The summed E-state index contributed by atoms with van der Waals surface area (Å²) in [5, 5.41) is 0. The van der Waals surface area contributed by atoms with Gasteiger partial charge in [-0.15, -0.1) is 0 Å². The molecule has 0 nitrogen and oxygen atoms in total. The highest BCUT2D eigenvalue weighted by Crippen LogP contribution is 2.71. The summed E-state index contributed by atoms with van der Waals surface area (Å²) in [6.07, 6.45) is 7.62. The lowest BCUT2D eigenvalue weighted by molar-refractivity contribution is -0.156. The molecule has 0 aromatic heterocycles. The second-order valence-corrected chi connectivity index (χ2v) is 6.47. The van der Waals surface area contributed by atoms with Crippen LogP contribution in [0.15, 0.2) is 24.3 Å². The van der Waals surface area contributed by atoms with Gasteiger partial charge < -0.3 is 0 Å². The van der Waals surface area contributed by atoms with Gasteiger partial charge in [0.25, 0.3) is 0 Å². The highest BCUT2D eigenvalue weighted by atomic mass is 14.7. The molecule has 82 valence electrons. The van der Waals surface area contributed by atoms with Crippen LogP contribution < -0.4 is 0 Å². The zero-order valence-corrected chi connectivity index (χ0v) is 10.2. The number of hydrogen-bond acceptors (Lipinski definition) is 0. The van der Waals surface area contributed by atoms with E-state index in [-0.39, 0.29) is 0 Å². The number of rotatable bonds is 1. The van der Waals surface area contributed by atoms with Crippen LogP contribution in [0.25, 0.3) is 0 Å². The Bertz CT molecular complexity index is 336. The summed E-state index contributed by atoms with van der Waals surface area (Å²) in [6.45, 7) is 11.6. The maximum Gasteiger partial charge on any atom is -0.00713 e. The topological polar surface area (TPSA) is 0 Å². The standard InChI is InChI=1S/C15H22/c1-9(2)11-7-8-15(4)12-6-5-10(3)14(15)13(11)12/h5-6,9,11-14H,3,7-8H2,1-2,4H3/t11-,12-,13-,14-,15+/m0/s1. The molecule has 2 fully saturated rings. The third-order valence-electron chi connectivity index (χ3n) is 5.56. The second-order valence-electron chi connectivity index (χ2n) is 6.47. The van der Waals surface area contributed by atoms with E-state index in [0.29, 0.717) is 5.41 Å². The zero-order valence-electron chi connectivity index (χ0n) is 10.2. The molecule has 4 rings (SSSR count). The van der Waals surface area contributed by atoms with Crippen molar-refractivity contribution in [3.8, 4) is 0 Å². The minimum atomic E-state index is 0.585. The lowest BCUT2D eigenvalue weighted by Crippen LogP contribution is -2.63. The van der Waals surface area contributed by atoms with Crippen LogP contribution in [-0.4, -0.2) is 0 Å². The van der Waals surface area contributed by atoms with Crippen molar-refractivity contribution in [1.29, 1.82) is 0 Å². The summed E-state index contributed by atoms with van der Waals surface area (Å²) in [7, 11) is 0. The van der Waals surface area contributed by atoms with Crippen LogP contribution in [0, 0.1) is 35.0 Å². The first-order valence-electron chi connectivity index (χ1n) is 6.42. The third-order valence-corrected chi connectivity index (χ3v) is 5.56. The van der Waals surface area contributed by atoms with Gasteiger partial charge in [-0.25, -0.2) is 0 Å². The van der Waals surface area contributed by atoms with Crippen LogP contribution in [0.5, 0.6) is 0 Å². The molecule has 5 atom stereocenters. The molecule has 0 radical (unpaired) electrons. The Morgan fingerprint density at radius 3 is 2.80 bits per heavy atom. The van der Waals surface area contributed by atoms with Crippen molar-refractivity contribution >= 4 is 0 Å². The highest BCUT2D eigenvalue weighted by Gasteiger charge is 2.64. The fraction of sp³-hybridized carbons (Fsp3) is 0.733. The average molecular weight is 202 g/mol. The van der Waals surface area contributed by atoms with E-state index in [0.717, 1.165) is 29.6 Å². The van der Waals surface area contributed by atoms with Crippen molar-refractivity contribution in [1.82, 2.24) is 0 Å². The molecule has 0 aliphatic heterocycles. The SMILES string of the molecule is C=C1C=C[C@H]2[C@@H]3[C@H](C(C)C)CC[C@@]2(C)[C@@H]13. The quantitative estimate of drug-likeness (QED) is 0.602. The molecule has 4 aliphatic rings. The predicted molar refractivity (Wildman–Crippen MR) is 64.4 cm³/mol. The molecule has 4 bridgehead atoms. The molecule has 0 aromatic rings. The molecule has 0 heterocycles. The van der Waals surface area contributed by atoms with Crippen molar-refractivity contribution in [3.05, 3.63) is 24.3 Å². The molecule has 0 saturated heterocycles. The molecule has 2 saturated carbocycles. The Morgan fingerprint density at radius 1 is 1.47 bits per heavy atom.